The molecule has 8 nitrogen and oxygen atoms in total. The fraction of sp³-hybridized carbons (Fsp3) is 0.467. The van der Waals surface area contributed by atoms with Gasteiger partial charge in [0.25, 0.3) is 0 Å². The first-order valence-corrected chi connectivity index (χ1v) is 15.1. The number of carbonyl (C=O) groups is 2. The van der Waals surface area contributed by atoms with Crippen LogP contribution in [0.1, 0.15) is 61.0 Å². The van der Waals surface area contributed by atoms with Gasteiger partial charge in [-0.3, -0.25) is 9.59 Å². The Morgan fingerprint density at radius 3 is 1.88 bits per heavy atom. The number of nitrogens with zero attached hydrogens (tertiary/aromatic N) is 1. The number of benzene rings is 2. The zero-order valence-corrected chi connectivity index (χ0v) is 26.1. The maximum atomic E-state index is 13.3. The van der Waals surface area contributed by atoms with E-state index in [1.54, 1.807) is 52.8 Å². The monoisotopic (exact) mass is 609 g/mol. The lowest BCUT2D eigenvalue weighted by Gasteiger charge is -2.30. The van der Waals surface area contributed by atoms with E-state index < -0.39 is 44.3 Å². The van der Waals surface area contributed by atoms with Crippen LogP contribution in [0.5, 0.6) is 5.75 Å². The molecule has 0 aliphatic carbocycles. The predicted molar refractivity (Wildman–Crippen MR) is 156 cm³/mol. The van der Waals surface area contributed by atoms with Gasteiger partial charge in [0.2, 0.25) is 11.8 Å². The molecular formula is C30H38F3N3O5S. The number of ether oxygens (including phenoxy) is 1. The highest BCUT2D eigenvalue weighted by Crippen LogP contribution is 2.40. The number of halogens is 3. The van der Waals surface area contributed by atoms with Crippen molar-refractivity contribution in [1.82, 2.24) is 15.2 Å². The topological polar surface area (TPSA) is 106 Å². The summed E-state index contributed by atoms with van der Waals surface area (Å²) in [5, 5.41) is 6.09. The van der Waals surface area contributed by atoms with E-state index in [9.17, 15) is 31.2 Å². The minimum absolute atomic E-state index is 0.112. The van der Waals surface area contributed by atoms with Gasteiger partial charge < -0.3 is 19.9 Å². The third kappa shape index (κ3) is 7.84. The number of sulfone groups is 1. The Morgan fingerprint density at radius 2 is 1.40 bits per heavy atom. The molecule has 3 rings (SSSR count). The second-order valence-corrected chi connectivity index (χ2v) is 14.9. The van der Waals surface area contributed by atoms with E-state index in [1.165, 1.54) is 16.7 Å². The number of hydrogen-bond acceptors (Lipinski definition) is 5. The van der Waals surface area contributed by atoms with Crippen LogP contribution in [0.15, 0.2) is 47.4 Å². The molecule has 0 unspecified atom stereocenters. The van der Waals surface area contributed by atoms with Crippen LogP contribution in [0, 0.1) is 0 Å². The summed E-state index contributed by atoms with van der Waals surface area (Å²) < 4.78 is 70.5. The van der Waals surface area contributed by atoms with Gasteiger partial charge in [-0.05, 0) is 103 Å². The molecule has 0 radical (unpaired) electrons. The summed E-state index contributed by atoms with van der Waals surface area (Å²) in [4.78, 5) is 26.2. The number of fused-ring (bicyclic) bond motifs is 1. The number of hydrogen-bond donors (Lipinski definition) is 2. The largest absolute Gasteiger partial charge is 0.573 e. The van der Waals surface area contributed by atoms with Crippen molar-refractivity contribution < 1.29 is 35.9 Å². The molecule has 0 spiro atoms. The quantitative estimate of drug-likeness (QED) is 0.357. The summed E-state index contributed by atoms with van der Waals surface area (Å²) in [6.45, 7) is 14.1. The van der Waals surface area contributed by atoms with Crippen molar-refractivity contribution in [2.45, 2.75) is 89.7 Å². The minimum Gasteiger partial charge on any atom is -0.406 e. The van der Waals surface area contributed by atoms with Crippen LogP contribution in [-0.4, -0.2) is 48.5 Å². The van der Waals surface area contributed by atoms with Crippen molar-refractivity contribution in [3.63, 3.8) is 0 Å². The lowest BCUT2D eigenvalue weighted by atomic mass is 9.82. The van der Waals surface area contributed by atoms with Crippen molar-refractivity contribution in [3.8, 4) is 17.0 Å². The van der Waals surface area contributed by atoms with Gasteiger partial charge in [-0.1, -0.05) is 6.07 Å². The first-order chi connectivity index (χ1) is 18.9. The molecule has 1 aromatic heterocycles. The SMILES string of the molecule is CC(C)(C)NC(=O)Cn1c(-c2ccc(OC(F)(F)F)cc2)c(S(C)(=O)=O)c2cc(C(C)(C)C(=O)NC(C)(C)C)ccc21. The number of alkyl halides is 3. The second kappa shape index (κ2) is 10.9. The van der Waals surface area contributed by atoms with E-state index in [4.69, 9.17) is 0 Å². The summed E-state index contributed by atoms with van der Waals surface area (Å²) in [6, 6.07) is 9.76. The number of nitrogens with one attached hydrogen (secondary N) is 2. The Labute approximate surface area is 244 Å². The third-order valence-electron chi connectivity index (χ3n) is 6.34. The Balaban J connectivity index is 2.33. The zero-order valence-electron chi connectivity index (χ0n) is 25.3. The molecule has 2 N–H and O–H groups in total. The third-order valence-corrected chi connectivity index (χ3v) is 7.50. The molecule has 1 heterocycles. The van der Waals surface area contributed by atoms with Crippen molar-refractivity contribution in [2.24, 2.45) is 0 Å². The van der Waals surface area contributed by atoms with Crippen molar-refractivity contribution in [2.75, 3.05) is 6.26 Å². The molecule has 0 bridgehead atoms. The minimum atomic E-state index is -4.90. The average molecular weight is 610 g/mol. The fourth-order valence-electron chi connectivity index (χ4n) is 4.58. The Morgan fingerprint density at radius 1 is 0.857 bits per heavy atom. The molecule has 12 heteroatoms. The van der Waals surface area contributed by atoms with Gasteiger partial charge in [-0.2, -0.15) is 0 Å². The first kappa shape index (κ1) is 33.0. The highest BCUT2D eigenvalue weighted by molar-refractivity contribution is 7.91. The molecule has 0 atom stereocenters. The highest BCUT2D eigenvalue weighted by atomic mass is 32.2. The van der Waals surface area contributed by atoms with Crippen LogP contribution in [0.2, 0.25) is 0 Å². The van der Waals surface area contributed by atoms with Gasteiger partial charge in [0.05, 0.1) is 16.6 Å². The normalized spacial score (nSPS) is 13.2. The summed E-state index contributed by atoms with van der Waals surface area (Å²) in [5.74, 6) is -1.14. The van der Waals surface area contributed by atoms with E-state index in [0.29, 0.717) is 11.1 Å². The maximum absolute atomic E-state index is 13.3. The summed E-state index contributed by atoms with van der Waals surface area (Å²) in [7, 11) is -3.97. The van der Waals surface area contributed by atoms with Crippen molar-refractivity contribution in [1.29, 1.82) is 0 Å². The molecule has 2 aromatic carbocycles. The fourth-order valence-corrected chi connectivity index (χ4v) is 5.73. The number of carbonyl (C=O) groups excluding carboxylic acids is 2. The number of amides is 2. The van der Waals surface area contributed by atoms with E-state index in [-0.39, 0.29) is 34.0 Å². The Hall–Kier alpha value is -3.54. The van der Waals surface area contributed by atoms with E-state index in [0.717, 1.165) is 18.4 Å². The van der Waals surface area contributed by atoms with Crippen LogP contribution >= 0.6 is 0 Å². The van der Waals surface area contributed by atoms with Gasteiger partial charge >= 0.3 is 6.36 Å². The van der Waals surface area contributed by atoms with Crippen LogP contribution in [0.25, 0.3) is 22.2 Å². The molecule has 230 valence electrons. The molecule has 3 aromatic rings. The lowest BCUT2D eigenvalue weighted by molar-refractivity contribution is -0.274. The first-order valence-electron chi connectivity index (χ1n) is 13.3. The van der Waals surface area contributed by atoms with Crippen LogP contribution in [0.4, 0.5) is 13.2 Å². The summed E-state index contributed by atoms with van der Waals surface area (Å²) >= 11 is 0. The molecule has 0 saturated carbocycles. The zero-order chi connectivity index (χ0) is 32.1. The van der Waals surface area contributed by atoms with Gasteiger partial charge in [0, 0.05) is 22.7 Å². The summed E-state index contributed by atoms with van der Waals surface area (Å²) in [5.41, 5.74) is -0.804. The molecular weight excluding hydrogens is 571 g/mol. The Kier molecular flexibility index (Phi) is 8.59. The number of aromatic nitrogens is 1. The van der Waals surface area contributed by atoms with Gasteiger partial charge in [-0.25, -0.2) is 8.42 Å². The molecule has 42 heavy (non-hydrogen) atoms. The van der Waals surface area contributed by atoms with E-state index in [1.807, 2.05) is 20.8 Å². The van der Waals surface area contributed by atoms with E-state index in [2.05, 4.69) is 15.4 Å². The molecule has 2 amide bonds. The molecule has 0 aliphatic heterocycles. The maximum Gasteiger partial charge on any atom is 0.573 e. The molecule has 0 saturated heterocycles. The van der Waals surface area contributed by atoms with Crippen LogP contribution in [0.3, 0.4) is 0 Å². The van der Waals surface area contributed by atoms with E-state index >= 15 is 0 Å². The summed E-state index contributed by atoms with van der Waals surface area (Å²) in [6.07, 6.45) is -3.88. The van der Waals surface area contributed by atoms with Crippen molar-refractivity contribution >= 4 is 32.6 Å². The highest BCUT2D eigenvalue weighted by Gasteiger charge is 2.35. The van der Waals surface area contributed by atoms with Gasteiger partial charge in [0.1, 0.15) is 17.2 Å². The average Bonchev–Trinajstić information content (AvgIpc) is 3.09. The Bertz CT molecular complexity index is 1610. The standard InChI is InChI=1S/C30H38F3N3O5S/c1-27(2,3)34-23(37)17-36-22-15-12-19(29(7,8)26(38)35-28(4,5)6)16-21(22)25(42(9,39)40)24(36)18-10-13-20(14-11-18)41-30(31,32)33/h10-16H,17H2,1-9H3,(H,34,37)(H,35,38). The molecule has 0 aliphatic rings. The lowest BCUT2D eigenvalue weighted by Crippen LogP contribution is -2.48. The molecule has 0 fully saturated rings. The predicted octanol–water partition coefficient (Wildman–Crippen LogP) is 5.72. The van der Waals surface area contributed by atoms with Crippen LogP contribution < -0.4 is 15.4 Å². The smallest absolute Gasteiger partial charge is 0.406 e. The second-order valence-electron chi connectivity index (χ2n) is 13.0. The van der Waals surface area contributed by atoms with Gasteiger partial charge in [0.15, 0.2) is 9.84 Å². The number of rotatable bonds is 7. The van der Waals surface area contributed by atoms with Crippen LogP contribution in [-0.2, 0) is 31.4 Å². The van der Waals surface area contributed by atoms with Gasteiger partial charge in [-0.15, -0.1) is 13.2 Å². The van der Waals surface area contributed by atoms with Crippen molar-refractivity contribution in [3.05, 3.63) is 48.0 Å².